The topological polar surface area (TPSA) is 58.1 Å². The molecule has 1 amide bonds. The Kier molecular flexibility index (Phi) is 5.55. The molecule has 100 valence electrons. The van der Waals surface area contributed by atoms with E-state index in [2.05, 4.69) is 47.9 Å². The van der Waals surface area contributed by atoms with Crippen molar-refractivity contribution in [2.75, 3.05) is 24.5 Å². The van der Waals surface area contributed by atoms with Crippen LogP contribution in [-0.2, 0) is 0 Å². The van der Waals surface area contributed by atoms with Crippen molar-refractivity contribution in [3.63, 3.8) is 0 Å². The first-order valence-electron chi connectivity index (χ1n) is 6.43. The zero-order chi connectivity index (χ0) is 13.5. The van der Waals surface area contributed by atoms with Crippen LogP contribution in [0.5, 0.6) is 0 Å². The molecule has 0 aliphatic heterocycles. The fraction of sp³-hybridized carbons (Fsp3) is 0.615. The lowest BCUT2D eigenvalue weighted by Crippen LogP contribution is -2.28. The van der Waals surface area contributed by atoms with Crippen molar-refractivity contribution in [2.24, 2.45) is 5.92 Å². The summed E-state index contributed by atoms with van der Waals surface area (Å²) in [6, 6.07) is 0. The predicted molar refractivity (Wildman–Crippen MR) is 72.8 cm³/mol. The molecule has 0 bridgehead atoms. The number of rotatable bonds is 6. The number of aromatic nitrogens is 2. The molecule has 0 unspecified atom stereocenters. The molecule has 0 fully saturated rings. The van der Waals surface area contributed by atoms with Crippen molar-refractivity contribution in [3.8, 4) is 0 Å². The van der Waals surface area contributed by atoms with Crippen LogP contribution in [0.25, 0.3) is 0 Å². The molecular weight excluding hydrogens is 228 g/mol. The SMILES string of the molecule is CCN(CC)c1cnc(C(=O)NCC(C)C)cn1. The first kappa shape index (κ1) is 14.4. The Morgan fingerprint density at radius 3 is 2.39 bits per heavy atom. The molecule has 0 saturated heterocycles. The van der Waals surface area contributed by atoms with Gasteiger partial charge in [0.25, 0.3) is 5.91 Å². The van der Waals surface area contributed by atoms with Crippen molar-refractivity contribution in [3.05, 3.63) is 18.1 Å². The van der Waals surface area contributed by atoms with Crippen LogP contribution in [0, 0.1) is 5.92 Å². The maximum absolute atomic E-state index is 11.7. The number of hydrogen-bond acceptors (Lipinski definition) is 4. The highest BCUT2D eigenvalue weighted by atomic mass is 16.1. The zero-order valence-corrected chi connectivity index (χ0v) is 11.6. The molecule has 1 N–H and O–H groups in total. The molecule has 1 rings (SSSR count). The van der Waals surface area contributed by atoms with Gasteiger partial charge in [0.1, 0.15) is 11.5 Å². The Morgan fingerprint density at radius 2 is 1.94 bits per heavy atom. The highest BCUT2D eigenvalue weighted by Gasteiger charge is 2.09. The summed E-state index contributed by atoms with van der Waals surface area (Å²) in [4.78, 5) is 22.3. The van der Waals surface area contributed by atoms with Gasteiger partial charge in [0.2, 0.25) is 0 Å². The summed E-state index contributed by atoms with van der Waals surface area (Å²) in [6.07, 6.45) is 3.18. The van der Waals surface area contributed by atoms with E-state index in [-0.39, 0.29) is 5.91 Å². The molecule has 5 nitrogen and oxygen atoms in total. The summed E-state index contributed by atoms with van der Waals surface area (Å²) >= 11 is 0. The second kappa shape index (κ2) is 6.93. The molecular formula is C13H22N4O. The van der Waals surface area contributed by atoms with Gasteiger partial charge < -0.3 is 10.2 Å². The number of anilines is 1. The van der Waals surface area contributed by atoms with Crippen molar-refractivity contribution in [2.45, 2.75) is 27.7 Å². The molecule has 0 aromatic carbocycles. The second-order valence-corrected chi connectivity index (χ2v) is 4.54. The first-order chi connectivity index (χ1) is 8.58. The fourth-order valence-corrected chi connectivity index (χ4v) is 1.54. The minimum Gasteiger partial charge on any atom is -0.356 e. The normalized spacial score (nSPS) is 10.5. The van der Waals surface area contributed by atoms with E-state index in [9.17, 15) is 4.79 Å². The van der Waals surface area contributed by atoms with Crippen molar-refractivity contribution in [1.82, 2.24) is 15.3 Å². The van der Waals surface area contributed by atoms with E-state index in [1.807, 2.05) is 0 Å². The highest BCUT2D eigenvalue weighted by molar-refractivity contribution is 5.91. The second-order valence-electron chi connectivity index (χ2n) is 4.54. The summed E-state index contributed by atoms with van der Waals surface area (Å²) < 4.78 is 0. The Morgan fingerprint density at radius 1 is 1.28 bits per heavy atom. The highest BCUT2D eigenvalue weighted by Crippen LogP contribution is 2.08. The molecule has 5 heteroatoms. The fourth-order valence-electron chi connectivity index (χ4n) is 1.54. The average molecular weight is 250 g/mol. The molecule has 0 radical (unpaired) electrons. The van der Waals surface area contributed by atoms with Crippen LogP contribution in [0.1, 0.15) is 38.2 Å². The zero-order valence-electron chi connectivity index (χ0n) is 11.6. The van der Waals surface area contributed by atoms with E-state index in [0.29, 0.717) is 18.2 Å². The Labute approximate surface area is 109 Å². The van der Waals surface area contributed by atoms with Crippen LogP contribution >= 0.6 is 0 Å². The maximum atomic E-state index is 11.7. The Balaban J connectivity index is 2.67. The molecule has 0 aliphatic carbocycles. The van der Waals surface area contributed by atoms with Gasteiger partial charge in [0.15, 0.2) is 0 Å². The van der Waals surface area contributed by atoms with E-state index < -0.39 is 0 Å². The summed E-state index contributed by atoms with van der Waals surface area (Å²) in [6.45, 7) is 10.6. The third kappa shape index (κ3) is 3.98. The predicted octanol–water partition coefficient (Wildman–Crippen LogP) is 1.71. The van der Waals surface area contributed by atoms with E-state index >= 15 is 0 Å². The van der Waals surface area contributed by atoms with Gasteiger partial charge in [-0.05, 0) is 19.8 Å². The van der Waals surface area contributed by atoms with Gasteiger partial charge in [0, 0.05) is 19.6 Å². The van der Waals surface area contributed by atoms with Crippen molar-refractivity contribution in [1.29, 1.82) is 0 Å². The third-order valence-corrected chi connectivity index (χ3v) is 2.63. The Hall–Kier alpha value is -1.65. The van der Waals surface area contributed by atoms with Crippen molar-refractivity contribution >= 4 is 11.7 Å². The number of carbonyl (C=O) groups is 1. The number of carbonyl (C=O) groups excluding carboxylic acids is 1. The largest absolute Gasteiger partial charge is 0.356 e. The van der Waals surface area contributed by atoms with Gasteiger partial charge >= 0.3 is 0 Å². The van der Waals surface area contributed by atoms with Crippen LogP contribution in [0.2, 0.25) is 0 Å². The van der Waals surface area contributed by atoms with Crippen LogP contribution in [0.15, 0.2) is 12.4 Å². The summed E-state index contributed by atoms with van der Waals surface area (Å²) in [5, 5.41) is 2.82. The van der Waals surface area contributed by atoms with E-state index in [4.69, 9.17) is 0 Å². The maximum Gasteiger partial charge on any atom is 0.271 e. The molecule has 1 aromatic rings. The molecule has 18 heavy (non-hydrogen) atoms. The van der Waals surface area contributed by atoms with Crippen LogP contribution < -0.4 is 10.2 Å². The molecule has 0 atom stereocenters. The lowest BCUT2D eigenvalue weighted by Gasteiger charge is -2.19. The minimum absolute atomic E-state index is 0.165. The Bertz CT molecular complexity index is 371. The summed E-state index contributed by atoms with van der Waals surface area (Å²) in [5.41, 5.74) is 0.367. The lowest BCUT2D eigenvalue weighted by atomic mass is 10.2. The summed E-state index contributed by atoms with van der Waals surface area (Å²) in [5.74, 6) is 1.07. The van der Waals surface area contributed by atoms with Gasteiger partial charge in [-0.2, -0.15) is 0 Å². The number of hydrogen-bond donors (Lipinski definition) is 1. The van der Waals surface area contributed by atoms with E-state index in [1.54, 1.807) is 6.20 Å². The van der Waals surface area contributed by atoms with Crippen LogP contribution in [0.4, 0.5) is 5.82 Å². The van der Waals surface area contributed by atoms with Gasteiger partial charge in [-0.1, -0.05) is 13.8 Å². The number of amides is 1. The van der Waals surface area contributed by atoms with E-state index in [0.717, 1.165) is 18.9 Å². The summed E-state index contributed by atoms with van der Waals surface area (Å²) in [7, 11) is 0. The van der Waals surface area contributed by atoms with Crippen LogP contribution in [-0.4, -0.2) is 35.5 Å². The quantitative estimate of drug-likeness (QED) is 0.835. The van der Waals surface area contributed by atoms with E-state index in [1.165, 1.54) is 6.20 Å². The standard InChI is InChI=1S/C13H22N4O/c1-5-17(6-2)12-9-14-11(8-15-12)13(18)16-7-10(3)4/h8-10H,5-7H2,1-4H3,(H,16,18). The van der Waals surface area contributed by atoms with Crippen molar-refractivity contribution < 1.29 is 4.79 Å². The average Bonchev–Trinajstić information content (AvgIpc) is 2.38. The molecule has 0 aliphatic rings. The lowest BCUT2D eigenvalue weighted by molar-refractivity contribution is 0.0943. The molecule has 0 spiro atoms. The molecule has 0 saturated carbocycles. The third-order valence-electron chi connectivity index (χ3n) is 2.63. The number of nitrogens with one attached hydrogen (secondary N) is 1. The molecule has 1 aromatic heterocycles. The van der Waals surface area contributed by atoms with Gasteiger partial charge in [-0.3, -0.25) is 4.79 Å². The number of nitrogens with zero attached hydrogens (tertiary/aromatic N) is 3. The van der Waals surface area contributed by atoms with Gasteiger partial charge in [0.05, 0.1) is 12.4 Å². The monoisotopic (exact) mass is 250 g/mol. The van der Waals surface area contributed by atoms with Gasteiger partial charge in [-0.15, -0.1) is 0 Å². The molecule has 1 heterocycles. The van der Waals surface area contributed by atoms with Crippen LogP contribution in [0.3, 0.4) is 0 Å². The smallest absolute Gasteiger partial charge is 0.271 e. The first-order valence-corrected chi connectivity index (χ1v) is 6.43. The minimum atomic E-state index is -0.165. The van der Waals surface area contributed by atoms with Gasteiger partial charge in [-0.25, -0.2) is 9.97 Å².